The van der Waals surface area contributed by atoms with Crippen molar-refractivity contribution in [3.8, 4) is 5.75 Å². The molecule has 80 valence electrons. The van der Waals surface area contributed by atoms with E-state index >= 15 is 0 Å². The number of hydrogen-bond donors (Lipinski definition) is 1. The molecule has 0 radical (unpaired) electrons. The zero-order chi connectivity index (χ0) is 11.3. The van der Waals surface area contributed by atoms with Crippen molar-refractivity contribution in [3.63, 3.8) is 0 Å². The van der Waals surface area contributed by atoms with E-state index < -0.39 is 13.3 Å². The fourth-order valence-electron chi connectivity index (χ4n) is 0.906. The van der Waals surface area contributed by atoms with Crippen LogP contribution in [0.4, 0.5) is 4.53 Å². The summed E-state index contributed by atoms with van der Waals surface area (Å²) in [5, 5.41) is 8.95. The predicted octanol–water partition coefficient (Wildman–Crippen LogP) is 1.41. The van der Waals surface area contributed by atoms with Gasteiger partial charge in [0.2, 0.25) is 0 Å². The van der Waals surface area contributed by atoms with Gasteiger partial charge in [-0.1, -0.05) is 12.1 Å². The molecule has 0 spiro atoms. The lowest BCUT2D eigenvalue weighted by Gasteiger charge is -2.08. The molecule has 0 atom stereocenters. The molecule has 0 aromatic heterocycles. The average molecular weight is 279 g/mol. The first-order chi connectivity index (χ1) is 7.19. The molecule has 0 aliphatic carbocycles. The van der Waals surface area contributed by atoms with Crippen LogP contribution in [0.5, 0.6) is 5.75 Å². The lowest BCUT2D eigenvalue weighted by molar-refractivity contribution is -0.0789. The second kappa shape index (κ2) is 5.69. The molecule has 0 amide bonds. The number of halogens is 2. The summed E-state index contributed by atoms with van der Waals surface area (Å²) in [6.45, 7) is 0. The molecule has 5 nitrogen and oxygen atoms in total. The molecule has 0 bridgehead atoms. The van der Waals surface area contributed by atoms with E-state index in [9.17, 15) is 9.32 Å². The van der Waals surface area contributed by atoms with E-state index in [2.05, 4.69) is 24.9 Å². The van der Waals surface area contributed by atoms with Gasteiger partial charge in [-0.3, -0.25) is 3.75 Å². The normalized spacial score (nSPS) is 9.53. The van der Waals surface area contributed by atoms with Gasteiger partial charge in [-0.05, 0) is 12.1 Å². The highest BCUT2D eigenvalue weighted by Crippen LogP contribution is 2.19. The van der Waals surface area contributed by atoms with Crippen molar-refractivity contribution in [1.29, 1.82) is 0 Å². The van der Waals surface area contributed by atoms with Crippen LogP contribution in [0.3, 0.4) is 0 Å². The zero-order valence-electron chi connectivity index (χ0n) is 7.22. The summed E-state index contributed by atoms with van der Waals surface area (Å²) in [5.41, 5.74) is -0.163. The molecule has 8 heteroatoms. The van der Waals surface area contributed by atoms with Gasteiger partial charge in [0.05, 0.1) is 16.3 Å². The van der Waals surface area contributed by atoms with Gasteiger partial charge < -0.3 is 9.68 Å². The molecule has 0 fully saturated rings. The Balaban J connectivity index is 2.91. The van der Waals surface area contributed by atoms with E-state index in [4.69, 9.17) is 9.68 Å². The smallest absolute Gasteiger partial charge is 0.511 e. The minimum absolute atomic E-state index is 0.0629. The minimum atomic E-state index is -1.61. The minimum Gasteiger partial charge on any atom is -0.511 e. The van der Waals surface area contributed by atoms with Crippen LogP contribution in [0, 0.1) is 0 Å². The predicted molar refractivity (Wildman–Crippen MR) is 51.6 cm³/mol. The topological polar surface area (TPSA) is 65.0 Å². The zero-order valence-corrected chi connectivity index (χ0v) is 8.81. The van der Waals surface area contributed by atoms with Crippen LogP contribution >= 0.6 is 16.3 Å². The lowest BCUT2D eigenvalue weighted by Crippen LogP contribution is -2.23. The van der Waals surface area contributed by atoms with Crippen LogP contribution < -0.4 is 4.65 Å². The van der Waals surface area contributed by atoms with Gasteiger partial charge in [0.1, 0.15) is 11.3 Å². The van der Waals surface area contributed by atoms with Crippen molar-refractivity contribution in [1.82, 2.24) is 0 Å². The molecule has 0 saturated carbocycles. The summed E-state index contributed by atoms with van der Waals surface area (Å²) in [5.74, 6) is -1.28. The van der Waals surface area contributed by atoms with Gasteiger partial charge >= 0.3 is 13.3 Å². The molecule has 1 aromatic rings. The van der Waals surface area contributed by atoms with E-state index in [-0.39, 0.29) is 11.3 Å². The fraction of sp³-hybridized carbons (Fsp3) is 0. The van der Waals surface area contributed by atoms with Crippen molar-refractivity contribution in [2.45, 2.75) is 0 Å². The first-order valence-electron chi connectivity index (χ1n) is 3.73. The number of carbonyl (C=O) groups excluding carboxylic acids is 1. The molecular weight excluding hydrogens is 274 g/mol. The van der Waals surface area contributed by atoms with E-state index in [1.165, 1.54) is 24.3 Å². The third-order valence-electron chi connectivity index (χ3n) is 1.48. The van der Waals surface area contributed by atoms with Crippen LogP contribution in [0.2, 0.25) is 0 Å². The van der Waals surface area contributed by atoms with Crippen molar-refractivity contribution in [2.75, 3.05) is 0 Å². The maximum Gasteiger partial charge on any atom is 0.721 e. The number of carbonyl (C=O) groups is 1. The maximum absolute atomic E-state index is 11.7. The summed E-state index contributed by atoms with van der Waals surface area (Å²) < 4.78 is 20.6. The summed E-state index contributed by atoms with van der Waals surface area (Å²) >= 11 is 2.49. The third kappa shape index (κ3) is 3.19. The summed E-state index contributed by atoms with van der Waals surface area (Å²) in [6.07, 6.45) is 0. The van der Waals surface area contributed by atoms with Gasteiger partial charge in [0.25, 0.3) is 0 Å². The van der Waals surface area contributed by atoms with Gasteiger partial charge in [0.15, 0.2) is 0 Å². The molecule has 0 aliphatic rings. The molecule has 1 aromatic carbocycles. The Morgan fingerprint density at radius 2 is 2.13 bits per heavy atom. The first kappa shape index (κ1) is 12.0. The Bertz CT molecular complexity index is 350. The molecule has 15 heavy (non-hydrogen) atoms. The Labute approximate surface area is 93.3 Å². The van der Waals surface area contributed by atoms with Crippen molar-refractivity contribution >= 4 is 29.5 Å². The molecule has 1 rings (SSSR count). The number of para-hydroxylation sites is 1. The Hall–Kier alpha value is -1.12. The molecule has 0 saturated heterocycles. The third-order valence-corrected chi connectivity index (χ3v) is 1.80. The Kier molecular flexibility index (Phi) is 4.54. The lowest BCUT2D eigenvalue weighted by atomic mass is 10.1. The molecule has 0 heterocycles. The Morgan fingerprint density at radius 1 is 1.47 bits per heavy atom. The monoisotopic (exact) mass is 278 g/mol. The first-order valence-corrected chi connectivity index (χ1v) is 4.38. The summed E-state index contributed by atoms with van der Waals surface area (Å²) in [6, 6.07) is 5.64. The van der Waals surface area contributed by atoms with Gasteiger partial charge in [-0.2, -0.15) is 0 Å². The van der Waals surface area contributed by atoms with Gasteiger partial charge in [-0.25, -0.2) is 9.74 Å². The maximum atomic E-state index is 11.7. The van der Waals surface area contributed by atoms with Crippen LogP contribution in [0.25, 0.3) is 0 Å². The SMILES string of the molecule is O=C(OF)c1ccccc1OB(O)OBr. The van der Waals surface area contributed by atoms with Crippen LogP contribution in [-0.2, 0) is 8.69 Å². The Morgan fingerprint density at radius 3 is 2.73 bits per heavy atom. The highest BCUT2D eigenvalue weighted by molar-refractivity contribution is 9.06. The highest BCUT2D eigenvalue weighted by Gasteiger charge is 2.22. The number of rotatable bonds is 4. The fourth-order valence-corrected chi connectivity index (χ4v) is 0.983. The largest absolute Gasteiger partial charge is 0.721 e. The van der Waals surface area contributed by atoms with Crippen molar-refractivity contribution in [2.24, 2.45) is 0 Å². The van der Waals surface area contributed by atoms with Crippen molar-refractivity contribution < 1.29 is 27.7 Å². The summed E-state index contributed by atoms with van der Waals surface area (Å²) in [7, 11) is -1.61. The van der Waals surface area contributed by atoms with Gasteiger partial charge in [-0.15, -0.1) is 0 Å². The van der Waals surface area contributed by atoms with Gasteiger partial charge in [0, 0.05) is 4.53 Å². The van der Waals surface area contributed by atoms with E-state index in [0.717, 1.165) is 0 Å². The van der Waals surface area contributed by atoms with Crippen molar-refractivity contribution in [3.05, 3.63) is 29.8 Å². The average Bonchev–Trinajstić information content (AvgIpc) is 2.28. The molecular formula is C7H5BBrFO5. The highest BCUT2D eigenvalue weighted by atomic mass is 79.9. The summed E-state index contributed by atoms with van der Waals surface area (Å²) in [4.78, 5) is 13.9. The van der Waals surface area contributed by atoms with Crippen LogP contribution in [0.1, 0.15) is 10.4 Å². The van der Waals surface area contributed by atoms with Crippen LogP contribution in [0.15, 0.2) is 24.3 Å². The second-order valence-electron chi connectivity index (χ2n) is 2.37. The molecule has 1 N–H and O–H groups in total. The molecule has 0 unspecified atom stereocenters. The number of benzene rings is 1. The standard InChI is InChI=1S/C7H5BBrFO5/c9-15-8(12)13-6-4-2-1-3-5(6)7(11)14-10/h1-4,12H. The van der Waals surface area contributed by atoms with E-state index in [0.29, 0.717) is 0 Å². The van der Waals surface area contributed by atoms with E-state index in [1.807, 2.05) is 0 Å². The quantitative estimate of drug-likeness (QED) is 0.844. The van der Waals surface area contributed by atoms with Crippen LogP contribution in [-0.4, -0.2) is 18.3 Å². The second-order valence-corrected chi connectivity index (χ2v) is 2.75. The molecule has 0 aliphatic heterocycles. The van der Waals surface area contributed by atoms with E-state index in [1.54, 1.807) is 0 Å². The number of hydrogen-bond acceptors (Lipinski definition) is 5.